The van der Waals surface area contributed by atoms with E-state index in [2.05, 4.69) is 17.0 Å². The molecule has 6 nitrogen and oxygen atoms in total. The summed E-state index contributed by atoms with van der Waals surface area (Å²) >= 11 is 0. The highest BCUT2D eigenvalue weighted by Gasteiger charge is 2.24. The van der Waals surface area contributed by atoms with Gasteiger partial charge in [0.15, 0.2) is 0 Å². The van der Waals surface area contributed by atoms with Gasteiger partial charge in [0.05, 0.1) is 12.0 Å². The molecule has 0 spiro atoms. The molecule has 1 heterocycles. The van der Waals surface area contributed by atoms with E-state index in [1.807, 2.05) is 0 Å². The summed E-state index contributed by atoms with van der Waals surface area (Å²) < 4.78 is 38.8. The first-order valence-corrected chi connectivity index (χ1v) is 10.1. The fraction of sp³-hybridized carbons (Fsp3) is 0.368. The Morgan fingerprint density at radius 3 is 2.15 bits per heavy atom. The van der Waals surface area contributed by atoms with Crippen LogP contribution in [0.25, 0.3) is 0 Å². The first kappa shape index (κ1) is 18.7. The molecule has 2 atom stereocenters. The van der Waals surface area contributed by atoms with E-state index in [1.165, 1.54) is 0 Å². The van der Waals surface area contributed by atoms with Crippen LogP contribution >= 0.6 is 0 Å². The number of sulfonamides is 1. The Morgan fingerprint density at radius 2 is 1.58 bits per heavy atom. The van der Waals surface area contributed by atoms with E-state index in [9.17, 15) is 8.42 Å². The van der Waals surface area contributed by atoms with Gasteiger partial charge in [-0.05, 0) is 74.8 Å². The van der Waals surface area contributed by atoms with Crippen molar-refractivity contribution in [2.24, 2.45) is 0 Å². The Hall–Kier alpha value is -2.09. The highest BCUT2D eigenvalue weighted by atomic mass is 32.2. The molecule has 0 saturated carbocycles. The minimum atomic E-state index is -3.53. The van der Waals surface area contributed by atoms with Crippen molar-refractivity contribution in [3.8, 4) is 17.2 Å². The lowest BCUT2D eigenvalue weighted by Gasteiger charge is -2.28. The zero-order valence-electron chi connectivity index (χ0n) is 14.9. The molecule has 2 aromatic rings. The zero-order chi connectivity index (χ0) is 18.6. The van der Waals surface area contributed by atoms with Crippen molar-refractivity contribution >= 4 is 10.0 Å². The zero-order valence-corrected chi connectivity index (χ0v) is 15.8. The molecule has 1 saturated heterocycles. The maximum Gasteiger partial charge on any atom is 0.240 e. The fourth-order valence-corrected chi connectivity index (χ4v) is 4.28. The van der Waals surface area contributed by atoms with Crippen LogP contribution in [-0.4, -0.2) is 34.2 Å². The van der Waals surface area contributed by atoms with Gasteiger partial charge in [0.1, 0.15) is 17.2 Å². The Labute approximate surface area is 154 Å². The predicted molar refractivity (Wildman–Crippen MR) is 100 cm³/mol. The summed E-state index contributed by atoms with van der Waals surface area (Å²) in [5.41, 5.74) is 0. The molecule has 0 radical (unpaired) electrons. The van der Waals surface area contributed by atoms with Gasteiger partial charge in [-0.25, -0.2) is 13.1 Å². The molecular formula is C19H24N2O4S. The van der Waals surface area contributed by atoms with E-state index in [4.69, 9.17) is 9.47 Å². The Balaban J connectivity index is 1.65. The lowest BCUT2D eigenvalue weighted by Crippen LogP contribution is -2.46. The van der Waals surface area contributed by atoms with Crippen LogP contribution in [-0.2, 0) is 10.0 Å². The summed E-state index contributed by atoms with van der Waals surface area (Å²) in [5, 5.41) is 3.32. The molecule has 140 valence electrons. The predicted octanol–water partition coefficient (Wildman–Crippen LogP) is 2.91. The number of ether oxygens (including phenoxy) is 2. The highest BCUT2D eigenvalue weighted by Crippen LogP contribution is 2.25. The summed E-state index contributed by atoms with van der Waals surface area (Å²) in [6.07, 6.45) is 1.58. The number of piperidine rings is 1. The third kappa shape index (κ3) is 4.75. The Morgan fingerprint density at radius 1 is 1.00 bits per heavy atom. The monoisotopic (exact) mass is 376 g/mol. The maximum atomic E-state index is 12.6. The minimum Gasteiger partial charge on any atom is -0.497 e. The molecule has 7 heteroatoms. The molecule has 0 aliphatic carbocycles. The van der Waals surface area contributed by atoms with Gasteiger partial charge in [-0.15, -0.1) is 0 Å². The van der Waals surface area contributed by atoms with Crippen molar-refractivity contribution in [3.05, 3.63) is 48.5 Å². The molecule has 3 rings (SSSR count). The molecule has 26 heavy (non-hydrogen) atoms. The lowest BCUT2D eigenvalue weighted by atomic mass is 10.0. The van der Waals surface area contributed by atoms with E-state index in [-0.39, 0.29) is 10.9 Å². The molecule has 0 bridgehead atoms. The van der Waals surface area contributed by atoms with Crippen LogP contribution in [0.15, 0.2) is 53.4 Å². The van der Waals surface area contributed by atoms with Crippen molar-refractivity contribution in [2.75, 3.05) is 13.7 Å². The normalized spacial score (nSPS) is 20.5. The summed E-state index contributed by atoms with van der Waals surface area (Å²) in [4.78, 5) is 0.241. The number of hydrogen-bond donors (Lipinski definition) is 2. The minimum absolute atomic E-state index is 0.0357. The van der Waals surface area contributed by atoms with Crippen LogP contribution in [0.5, 0.6) is 17.2 Å². The van der Waals surface area contributed by atoms with E-state index in [1.54, 1.807) is 55.6 Å². The molecule has 1 aliphatic heterocycles. The Kier molecular flexibility index (Phi) is 5.80. The summed E-state index contributed by atoms with van der Waals surface area (Å²) in [6.45, 7) is 2.88. The van der Waals surface area contributed by atoms with Gasteiger partial charge in [0, 0.05) is 12.1 Å². The van der Waals surface area contributed by atoms with Gasteiger partial charge in [0.25, 0.3) is 0 Å². The number of nitrogens with one attached hydrogen (secondary N) is 2. The molecular weight excluding hydrogens is 352 g/mol. The third-order valence-corrected chi connectivity index (χ3v) is 5.91. The first-order chi connectivity index (χ1) is 12.5. The van der Waals surface area contributed by atoms with Crippen LogP contribution in [0, 0.1) is 0 Å². The number of methoxy groups -OCH3 is 1. The van der Waals surface area contributed by atoms with Crippen molar-refractivity contribution in [1.82, 2.24) is 10.0 Å². The van der Waals surface area contributed by atoms with Gasteiger partial charge in [-0.3, -0.25) is 0 Å². The number of hydrogen-bond acceptors (Lipinski definition) is 5. The fourth-order valence-electron chi connectivity index (χ4n) is 2.99. The van der Waals surface area contributed by atoms with Crippen molar-refractivity contribution in [2.45, 2.75) is 36.7 Å². The smallest absolute Gasteiger partial charge is 0.240 e. The van der Waals surface area contributed by atoms with Crippen molar-refractivity contribution in [3.63, 3.8) is 0 Å². The molecule has 2 aromatic carbocycles. The second-order valence-electron chi connectivity index (χ2n) is 6.45. The molecule has 2 unspecified atom stereocenters. The van der Waals surface area contributed by atoms with Gasteiger partial charge >= 0.3 is 0 Å². The van der Waals surface area contributed by atoms with Gasteiger partial charge in [-0.2, -0.15) is 0 Å². The lowest BCUT2D eigenvalue weighted by molar-refractivity contribution is 0.361. The third-order valence-electron chi connectivity index (χ3n) is 4.37. The standard InChI is InChI=1S/C19H24N2O4S/c1-14-13-15(11-12-20-14)21-26(22,23)19-9-7-18(8-10-19)25-17-5-3-16(24-2)4-6-17/h3-10,14-15,20-21H,11-13H2,1-2H3. The van der Waals surface area contributed by atoms with Gasteiger partial charge in [-0.1, -0.05) is 0 Å². The van der Waals surface area contributed by atoms with Gasteiger partial charge in [0.2, 0.25) is 10.0 Å². The van der Waals surface area contributed by atoms with Gasteiger partial charge < -0.3 is 14.8 Å². The second-order valence-corrected chi connectivity index (χ2v) is 8.16. The van der Waals surface area contributed by atoms with Crippen LogP contribution < -0.4 is 19.5 Å². The average Bonchev–Trinajstić information content (AvgIpc) is 2.62. The quantitative estimate of drug-likeness (QED) is 0.811. The van der Waals surface area contributed by atoms with Crippen molar-refractivity contribution < 1.29 is 17.9 Å². The molecule has 0 aromatic heterocycles. The number of rotatable bonds is 6. The molecule has 0 amide bonds. The van der Waals surface area contributed by atoms with Crippen LogP contribution in [0.1, 0.15) is 19.8 Å². The van der Waals surface area contributed by atoms with Crippen LogP contribution in [0.2, 0.25) is 0 Å². The van der Waals surface area contributed by atoms with Crippen LogP contribution in [0.3, 0.4) is 0 Å². The molecule has 1 fully saturated rings. The molecule has 1 aliphatic rings. The topological polar surface area (TPSA) is 76.7 Å². The van der Waals surface area contributed by atoms with E-state index >= 15 is 0 Å². The largest absolute Gasteiger partial charge is 0.497 e. The first-order valence-electron chi connectivity index (χ1n) is 8.64. The van der Waals surface area contributed by atoms with Crippen LogP contribution in [0.4, 0.5) is 0 Å². The van der Waals surface area contributed by atoms with E-state index in [0.29, 0.717) is 17.5 Å². The second kappa shape index (κ2) is 8.07. The highest BCUT2D eigenvalue weighted by molar-refractivity contribution is 7.89. The summed E-state index contributed by atoms with van der Waals surface area (Å²) in [7, 11) is -1.93. The average molecular weight is 376 g/mol. The van der Waals surface area contributed by atoms with E-state index in [0.717, 1.165) is 25.1 Å². The maximum absolute atomic E-state index is 12.6. The van der Waals surface area contributed by atoms with E-state index < -0.39 is 10.0 Å². The summed E-state index contributed by atoms with van der Waals surface area (Å²) in [6, 6.07) is 13.9. The summed E-state index contributed by atoms with van der Waals surface area (Å²) in [5.74, 6) is 1.98. The number of benzene rings is 2. The Bertz CT molecular complexity index is 820. The molecule has 2 N–H and O–H groups in total. The van der Waals surface area contributed by atoms with Crippen molar-refractivity contribution in [1.29, 1.82) is 0 Å². The SMILES string of the molecule is COc1ccc(Oc2ccc(S(=O)(=O)NC3CCNC(C)C3)cc2)cc1.